The molecule has 1 aliphatic rings. The van der Waals surface area contributed by atoms with Crippen LogP contribution in [0.1, 0.15) is 36.8 Å². The summed E-state index contributed by atoms with van der Waals surface area (Å²) in [5.41, 5.74) is 1.06. The Labute approximate surface area is 116 Å². The maximum atomic E-state index is 13.8. The molecule has 0 bridgehead atoms. The zero-order valence-electron chi connectivity index (χ0n) is 10.7. The third kappa shape index (κ3) is 2.53. The van der Waals surface area contributed by atoms with E-state index in [9.17, 15) is 4.39 Å². The molecule has 3 nitrogen and oxygen atoms in total. The van der Waals surface area contributed by atoms with Crippen LogP contribution in [0.2, 0.25) is 0 Å². The van der Waals surface area contributed by atoms with Crippen molar-refractivity contribution < 1.29 is 4.39 Å². The van der Waals surface area contributed by atoms with Gasteiger partial charge < -0.3 is 10.3 Å². The fraction of sp³-hybridized carbons (Fsp3) is 0.357. The molecular formula is C14H16FN3S. The van der Waals surface area contributed by atoms with E-state index in [4.69, 9.17) is 0 Å². The van der Waals surface area contributed by atoms with Crippen molar-refractivity contribution in [1.82, 2.24) is 15.3 Å². The van der Waals surface area contributed by atoms with Gasteiger partial charge in [0.1, 0.15) is 11.6 Å². The number of thioether (sulfide) groups is 1. The number of H-pyrrole nitrogens is 1. The molecule has 2 atom stereocenters. The Hall–Kier alpha value is -1.33. The van der Waals surface area contributed by atoms with E-state index in [2.05, 4.69) is 22.2 Å². The second-order valence-electron chi connectivity index (χ2n) is 4.71. The minimum atomic E-state index is -0.111. The molecular weight excluding hydrogens is 261 g/mol. The molecule has 0 amide bonds. The zero-order chi connectivity index (χ0) is 13.2. The molecule has 0 spiro atoms. The highest BCUT2D eigenvalue weighted by atomic mass is 32.2. The van der Waals surface area contributed by atoms with E-state index in [1.807, 2.05) is 12.3 Å². The van der Waals surface area contributed by atoms with Crippen molar-refractivity contribution >= 4 is 11.8 Å². The zero-order valence-corrected chi connectivity index (χ0v) is 11.5. The second kappa shape index (κ2) is 5.35. The Morgan fingerprint density at radius 3 is 3.21 bits per heavy atom. The first-order valence-corrected chi connectivity index (χ1v) is 7.41. The summed E-state index contributed by atoms with van der Waals surface area (Å²) in [5.74, 6) is 1.74. The first-order chi connectivity index (χ1) is 9.25. The van der Waals surface area contributed by atoms with E-state index in [0.717, 1.165) is 28.5 Å². The first-order valence-electron chi connectivity index (χ1n) is 6.42. The Morgan fingerprint density at radius 1 is 1.53 bits per heavy atom. The molecule has 0 radical (unpaired) electrons. The number of nitrogens with one attached hydrogen (secondary N) is 2. The number of rotatable bonds is 3. The summed E-state index contributed by atoms with van der Waals surface area (Å²) in [6.07, 6.45) is 4.57. The van der Waals surface area contributed by atoms with Crippen molar-refractivity contribution in [3.8, 4) is 0 Å². The average Bonchev–Trinajstić information content (AvgIpc) is 2.94. The van der Waals surface area contributed by atoms with Crippen LogP contribution < -0.4 is 5.32 Å². The Balaban J connectivity index is 1.82. The number of aromatic nitrogens is 2. The summed E-state index contributed by atoms with van der Waals surface area (Å²) in [7, 11) is 0. The van der Waals surface area contributed by atoms with Crippen LogP contribution in [0.5, 0.6) is 0 Å². The largest absolute Gasteiger partial charge is 0.347 e. The third-order valence-electron chi connectivity index (χ3n) is 3.41. The molecule has 3 rings (SSSR count). The lowest BCUT2D eigenvalue weighted by molar-refractivity contribution is 0.433. The SMILES string of the molecule is CC(NC1CCSc2c(F)cccc21)c1ncc[nH]1. The van der Waals surface area contributed by atoms with Crippen LogP contribution in [0.15, 0.2) is 35.5 Å². The molecule has 1 aromatic carbocycles. The van der Waals surface area contributed by atoms with E-state index < -0.39 is 0 Å². The molecule has 100 valence electrons. The van der Waals surface area contributed by atoms with Gasteiger partial charge in [-0.3, -0.25) is 0 Å². The Kier molecular flexibility index (Phi) is 3.57. The van der Waals surface area contributed by atoms with Gasteiger partial charge in [0.15, 0.2) is 0 Å². The van der Waals surface area contributed by atoms with Crippen LogP contribution in [-0.4, -0.2) is 15.7 Å². The van der Waals surface area contributed by atoms with Crippen molar-refractivity contribution in [3.05, 3.63) is 47.8 Å². The normalized spacial score (nSPS) is 20.0. The summed E-state index contributed by atoms with van der Waals surface area (Å²) in [6.45, 7) is 2.07. The molecule has 1 aromatic heterocycles. The lowest BCUT2D eigenvalue weighted by atomic mass is 10.0. The first kappa shape index (κ1) is 12.7. The summed E-state index contributed by atoms with van der Waals surface area (Å²) >= 11 is 1.61. The van der Waals surface area contributed by atoms with Gasteiger partial charge in [-0.25, -0.2) is 9.37 Å². The number of hydrogen-bond donors (Lipinski definition) is 2. The van der Waals surface area contributed by atoms with Crippen LogP contribution in [0, 0.1) is 5.82 Å². The quantitative estimate of drug-likeness (QED) is 0.903. The molecule has 19 heavy (non-hydrogen) atoms. The van der Waals surface area contributed by atoms with Gasteiger partial charge in [-0.05, 0) is 30.7 Å². The monoisotopic (exact) mass is 277 g/mol. The van der Waals surface area contributed by atoms with Gasteiger partial charge in [0.25, 0.3) is 0 Å². The smallest absolute Gasteiger partial charge is 0.137 e. The van der Waals surface area contributed by atoms with Crippen LogP contribution >= 0.6 is 11.8 Å². The highest BCUT2D eigenvalue weighted by Gasteiger charge is 2.24. The van der Waals surface area contributed by atoms with Gasteiger partial charge in [0.05, 0.1) is 6.04 Å². The van der Waals surface area contributed by atoms with Gasteiger partial charge in [-0.15, -0.1) is 11.8 Å². The minimum Gasteiger partial charge on any atom is -0.347 e. The standard InChI is InChI=1S/C14H16FN3S/c1-9(14-16-6-7-17-14)18-12-5-8-19-13-10(12)3-2-4-11(13)15/h2-4,6-7,9,12,18H,5,8H2,1H3,(H,16,17). The number of fused-ring (bicyclic) bond motifs is 1. The highest BCUT2D eigenvalue weighted by molar-refractivity contribution is 7.99. The molecule has 0 saturated carbocycles. The number of aromatic amines is 1. The van der Waals surface area contributed by atoms with Gasteiger partial charge in [0, 0.05) is 23.3 Å². The molecule has 2 heterocycles. The van der Waals surface area contributed by atoms with Crippen molar-refractivity contribution in [2.45, 2.75) is 30.3 Å². The lowest BCUT2D eigenvalue weighted by Gasteiger charge is -2.28. The highest BCUT2D eigenvalue weighted by Crippen LogP contribution is 2.38. The predicted molar refractivity (Wildman–Crippen MR) is 74.6 cm³/mol. The average molecular weight is 277 g/mol. The molecule has 2 unspecified atom stereocenters. The van der Waals surface area contributed by atoms with Gasteiger partial charge in [-0.2, -0.15) is 0 Å². The van der Waals surface area contributed by atoms with Gasteiger partial charge in [0.2, 0.25) is 0 Å². The molecule has 0 fully saturated rings. The van der Waals surface area contributed by atoms with Crippen molar-refractivity contribution in [2.75, 3.05) is 5.75 Å². The number of halogens is 1. The molecule has 1 aliphatic heterocycles. The fourth-order valence-corrected chi connectivity index (χ4v) is 3.60. The summed E-state index contributed by atoms with van der Waals surface area (Å²) in [4.78, 5) is 8.16. The predicted octanol–water partition coefficient (Wildman–Crippen LogP) is 3.44. The van der Waals surface area contributed by atoms with Crippen LogP contribution in [0.3, 0.4) is 0 Å². The van der Waals surface area contributed by atoms with E-state index in [1.165, 1.54) is 6.07 Å². The summed E-state index contributed by atoms with van der Waals surface area (Å²) in [5, 5.41) is 3.53. The number of benzene rings is 1. The maximum absolute atomic E-state index is 13.8. The third-order valence-corrected chi connectivity index (χ3v) is 4.57. The van der Waals surface area contributed by atoms with Crippen molar-refractivity contribution in [2.24, 2.45) is 0 Å². The van der Waals surface area contributed by atoms with Crippen LogP contribution in [-0.2, 0) is 0 Å². The van der Waals surface area contributed by atoms with E-state index >= 15 is 0 Å². The molecule has 2 aromatic rings. The molecule has 0 aliphatic carbocycles. The lowest BCUT2D eigenvalue weighted by Crippen LogP contribution is -2.28. The summed E-state index contributed by atoms with van der Waals surface area (Å²) < 4.78 is 13.8. The van der Waals surface area contributed by atoms with E-state index in [0.29, 0.717) is 0 Å². The van der Waals surface area contributed by atoms with Crippen LogP contribution in [0.4, 0.5) is 4.39 Å². The second-order valence-corrected chi connectivity index (χ2v) is 5.82. The van der Waals surface area contributed by atoms with Gasteiger partial charge >= 0.3 is 0 Å². The topological polar surface area (TPSA) is 40.7 Å². The van der Waals surface area contributed by atoms with E-state index in [1.54, 1.807) is 24.0 Å². The molecule has 2 N–H and O–H groups in total. The van der Waals surface area contributed by atoms with Crippen molar-refractivity contribution in [1.29, 1.82) is 0 Å². The molecule has 5 heteroatoms. The number of imidazole rings is 1. The number of nitrogens with zero attached hydrogens (tertiary/aromatic N) is 1. The van der Waals surface area contributed by atoms with Crippen LogP contribution in [0.25, 0.3) is 0 Å². The Bertz CT molecular complexity index is 556. The number of hydrogen-bond acceptors (Lipinski definition) is 3. The van der Waals surface area contributed by atoms with E-state index in [-0.39, 0.29) is 17.9 Å². The maximum Gasteiger partial charge on any atom is 0.137 e. The fourth-order valence-electron chi connectivity index (χ4n) is 2.45. The minimum absolute atomic E-state index is 0.111. The van der Waals surface area contributed by atoms with Crippen molar-refractivity contribution in [3.63, 3.8) is 0 Å². The van der Waals surface area contributed by atoms with Gasteiger partial charge in [-0.1, -0.05) is 12.1 Å². The molecule has 0 saturated heterocycles. The Morgan fingerprint density at radius 2 is 2.42 bits per heavy atom. The summed E-state index contributed by atoms with van der Waals surface area (Å²) in [6, 6.07) is 5.64.